The molecule has 0 aliphatic carbocycles. The normalized spacial score (nSPS) is 20.0. The van der Waals surface area contributed by atoms with E-state index in [0.29, 0.717) is 4.90 Å². The standard InChI is InChI=1S/C16H12F6N2O3/c17-9-4-8(5-23-6-9)7-24-11-3-1-2-10(13(25)15(18,19)20)12(11)27-16(21,22)14(24)26/h1-6,13-14,25-26H,7H2/t13-,14?/m1/s1. The summed E-state index contributed by atoms with van der Waals surface area (Å²) in [6.45, 7) is -0.497. The number of anilines is 1. The zero-order chi connectivity index (χ0) is 20.0. The minimum atomic E-state index is -5.12. The number of ether oxygens (including phenoxy) is 1. The zero-order valence-electron chi connectivity index (χ0n) is 13.3. The Balaban J connectivity index is 2.09. The second kappa shape index (κ2) is 6.57. The molecule has 1 aliphatic heterocycles. The molecule has 0 saturated heterocycles. The Labute approximate surface area is 148 Å². The molecule has 11 heteroatoms. The van der Waals surface area contributed by atoms with E-state index in [1.165, 1.54) is 0 Å². The van der Waals surface area contributed by atoms with Gasteiger partial charge in [0.05, 0.1) is 11.9 Å². The Hall–Kier alpha value is -2.53. The first-order valence-corrected chi connectivity index (χ1v) is 7.49. The van der Waals surface area contributed by atoms with E-state index >= 15 is 0 Å². The van der Waals surface area contributed by atoms with Gasteiger partial charge in [-0.05, 0) is 17.7 Å². The summed E-state index contributed by atoms with van der Waals surface area (Å²) in [4.78, 5) is 4.20. The van der Waals surface area contributed by atoms with E-state index in [4.69, 9.17) is 0 Å². The summed E-state index contributed by atoms with van der Waals surface area (Å²) in [5.41, 5.74) is -1.17. The van der Waals surface area contributed by atoms with E-state index in [-0.39, 0.29) is 11.3 Å². The van der Waals surface area contributed by atoms with Crippen LogP contribution in [-0.2, 0) is 6.54 Å². The SMILES string of the molecule is OC1N(Cc2cncc(F)c2)c2cccc([C@@H](O)C(F)(F)F)c2OC1(F)F. The Bertz CT molecular complexity index is 845. The highest BCUT2D eigenvalue weighted by molar-refractivity contribution is 5.65. The van der Waals surface area contributed by atoms with Crippen molar-refractivity contribution in [3.8, 4) is 5.75 Å². The van der Waals surface area contributed by atoms with Crippen molar-refractivity contribution in [2.45, 2.75) is 31.2 Å². The van der Waals surface area contributed by atoms with Crippen molar-refractivity contribution in [1.82, 2.24) is 4.98 Å². The molecule has 2 atom stereocenters. The molecule has 0 radical (unpaired) electrons. The number of para-hydroxylation sites is 1. The number of alkyl halides is 5. The summed E-state index contributed by atoms with van der Waals surface area (Å²) >= 11 is 0. The third-order valence-corrected chi connectivity index (χ3v) is 3.89. The van der Waals surface area contributed by atoms with Crippen molar-refractivity contribution in [3.05, 3.63) is 53.6 Å². The minimum absolute atomic E-state index is 0.0828. The van der Waals surface area contributed by atoms with Crippen LogP contribution in [0.1, 0.15) is 17.2 Å². The van der Waals surface area contributed by atoms with E-state index in [1.54, 1.807) is 0 Å². The van der Waals surface area contributed by atoms with E-state index < -0.39 is 48.3 Å². The fraction of sp³-hybridized carbons (Fsp3) is 0.312. The lowest BCUT2D eigenvalue weighted by molar-refractivity contribution is -0.248. The summed E-state index contributed by atoms with van der Waals surface area (Å²) in [6.07, 6.45) is -13.0. The van der Waals surface area contributed by atoms with Crippen LogP contribution in [0.3, 0.4) is 0 Å². The van der Waals surface area contributed by atoms with Gasteiger partial charge in [-0.15, -0.1) is 0 Å². The predicted molar refractivity (Wildman–Crippen MR) is 79.4 cm³/mol. The molecule has 0 amide bonds. The molecule has 1 unspecified atom stereocenters. The van der Waals surface area contributed by atoms with Crippen LogP contribution in [0.4, 0.5) is 32.0 Å². The number of fused-ring (bicyclic) bond motifs is 1. The van der Waals surface area contributed by atoms with Gasteiger partial charge in [0.2, 0.25) is 6.23 Å². The average molecular weight is 394 g/mol. The van der Waals surface area contributed by atoms with Gasteiger partial charge in [0, 0.05) is 18.3 Å². The summed E-state index contributed by atoms with van der Waals surface area (Å²) < 4.78 is 84.3. The van der Waals surface area contributed by atoms with Gasteiger partial charge in [0.25, 0.3) is 0 Å². The number of hydrogen-bond donors (Lipinski definition) is 2. The molecule has 1 aromatic carbocycles. The van der Waals surface area contributed by atoms with Crippen molar-refractivity contribution in [1.29, 1.82) is 0 Å². The fourth-order valence-electron chi connectivity index (χ4n) is 2.68. The smallest absolute Gasteiger partial charge is 0.427 e. The number of nitrogens with zero attached hydrogens (tertiary/aromatic N) is 2. The Kier molecular flexibility index (Phi) is 4.68. The summed E-state index contributed by atoms with van der Waals surface area (Å²) in [5.74, 6) is -1.69. The van der Waals surface area contributed by atoms with Crippen molar-refractivity contribution in [3.63, 3.8) is 0 Å². The first kappa shape index (κ1) is 19.2. The van der Waals surface area contributed by atoms with Crippen molar-refractivity contribution in [2.75, 3.05) is 4.90 Å². The minimum Gasteiger partial charge on any atom is -0.427 e. The summed E-state index contributed by atoms with van der Waals surface area (Å²) in [5, 5.41) is 19.4. The van der Waals surface area contributed by atoms with Gasteiger partial charge >= 0.3 is 12.3 Å². The molecule has 1 aromatic heterocycles. The first-order valence-electron chi connectivity index (χ1n) is 7.49. The highest BCUT2D eigenvalue weighted by Crippen LogP contribution is 2.48. The highest BCUT2D eigenvalue weighted by atomic mass is 19.4. The Morgan fingerprint density at radius 1 is 1.26 bits per heavy atom. The van der Waals surface area contributed by atoms with Gasteiger partial charge in [0.1, 0.15) is 5.82 Å². The molecule has 2 heterocycles. The molecule has 2 aromatic rings. The number of benzene rings is 1. The molecule has 2 N–H and O–H groups in total. The van der Waals surface area contributed by atoms with Gasteiger partial charge in [-0.2, -0.15) is 22.0 Å². The number of aliphatic hydroxyl groups excluding tert-OH is 2. The zero-order valence-corrected chi connectivity index (χ0v) is 13.3. The van der Waals surface area contributed by atoms with E-state index in [2.05, 4.69) is 9.72 Å². The van der Waals surface area contributed by atoms with Crippen LogP contribution in [0.25, 0.3) is 0 Å². The Morgan fingerprint density at radius 3 is 2.59 bits per heavy atom. The lowest BCUT2D eigenvalue weighted by atomic mass is 10.0. The molecule has 3 rings (SSSR count). The maximum Gasteiger partial charge on any atom is 0.444 e. The van der Waals surface area contributed by atoms with Crippen LogP contribution in [0.2, 0.25) is 0 Å². The molecule has 1 aliphatic rings. The van der Waals surface area contributed by atoms with Crippen LogP contribution in [0.5, 0.6) is 5.75 Å². The van der Waals surface area contributed by atoms with E-state index in [0.717, 1.165) is 36.7 Å². The molecule has 0 bridgehead atoms. The number of rotatable bonds is 3. The Morgan fingerprint density at radius 2 is 1.96 bits per heavy atom. The second-order valence-electron chi connectivity index (χ2n) is 5.82. The lowest BCUT2D eigenvalue weighted by Crippen LogP contribution is -2.54. The molecule has 0 saturated carbocycles. The fourth-order valence-corrected chi connectivity index (χ4v) is 2.68. The molecular weight excluding hydrogens is 382 g/mol. The van der Waals surface area contributed by atoms with Gasteiger partial charge in [0.15, 0.2) is 11.9 Å². The maximum absolute atomic E-state index is 14.1. The third kappa shape index (κ3) is 3.65. The van der Waals surface area contributed by atoms with Crippen molar-refractivity contribution >= 4 is 5.69 Å². The molecule has 5 nitrogen and oxygen atoms in total. The third-order valence-electron chi connectivity index (χ3n) is 3.89. The second-order valence-corrected chi connectivity index (χ2v) is 5.82. The van der Waals surface area contributed by atoms with Crippen LogP contribution in [0.15, 0.2) is 36.7 Å². The quantitative estimate of drug-likeness (QED) is 0.784. The monoisotopic (exact) mass is 394 g/mol. The van der Waals surface area contributed by atoms with Gasteiger partial charge in [-0.1, -0.05) is 12.1 Å². The van der Waals surface area contributed by atoms with Crippen molar-refractivity contribution in [2.24, 2.45) is 0 Å². The van der Waals surface area contributed by atoms with Crippen LogP contribution < -0.4 is 9.64 Å². The molecule has 0 fully saturated rings. The maximum atomic E-state index is 14.1. The number of halogens is 6. The summed E-state index contributed by atoms with van der Waals surface area (Å²) in [7, 11) is 0. The topological polar surface area (TPSA) is 65.8 Å². The molecule has 0 spiro atoms. The largest absolute Gasteiger partial charge is 0.444 e. The van der Waals surface area contributed by atoms with E-state index in [9.17, 15) is 36.6 Å². The van der Waals surface area contributed by atoms with Gasteiger partial charge in [-0.3, -0.25) is 4.98 Å². The predicted octanol–water partition coefficient (Wildman–Crippen LogP) is 3.13. The van der Waals surface area contributed by atoms with Gasteiger partial charge < -0.3 is 19.8 Å². The molecule has 146 valence electrons. The van der Waals surface area contributed by atoms with Gasteiger partial charge in [-0.25, -0.2) is 4.39 Å². The molecule has 27 heavy (non-hydrogen) atoms. The van der Waals surface area contributed by atoms with Crippen LogP contribution in [-0.4, -0.2) is 33.7 Å². The molecular formula is C16H12F6N2O3. The average Bonchev–Trinajstić information content (AvgIpc) is 2.57. The number of aromatic nitrogens is 1. The number of pyridine rings is 1. The number of hydrogen-bond acceptors (Lipinski definition) is 5. The van der Waals surface area contributed by atoms with Crippen LogP contribution in [0, 0.1) is 5.82 Å². The lowest BCUT2D eigenvalue weighted by Gasteiger charge is -2.40. The number of aliphatic hydroxyl groups is 2. The van der Waals surface area contributed by atoms with Crippen molar-refractivity contribution < 1.29 is 41.3 Å². The van der Waals surface area contributed by atoms with E-state index in [1.807, 2.05) is 0 Å². The highest BCUT2D eigenvalue weighted by Gasteiger charge is 2.52. The first-order chi connectivity index (χ1) is 12.5. The van der Waals surface area contributed by atoms with Crippen LogP contribution >= 0.6 is 0 Å². The summed E-state index contributed by atoms with van der Waals surface area (Å²) in [6, 6.07) is 3.97.